The summed E-state index contributed by atoms with van der Waals surface area (Å²) >= 11 is 6.07. The van der Waals surface area contributed by atoms with Gasteiger partial charge in [0.05, 0.1) is 11.4 Å². The van der Waals surface area contributed by atoms with Crippen LogP contribution in [0.5, 0.6) is 0 Å². The number of aromatic nitrogens is 3. The Bertz CT molecular complexity index is 839. The normalized spacial score (nSPS) is 13.0. The van der Waals surface area contributed by atoms with Crippen molar-refractivity contribution in [3.8, 4) is 16.9 Å². The molecule has 5 heteroatoms. The van der Waals surface area contributed by atoms with E-state index in [1.165, 1.54) is 5.56 Å². The van der Waals surface area contributed by atoms with Crippen molar-refractivity contribution < 1.29 is 0 Å². The second-order valence-electron chi connectivity index (χ2n) is 5.44. The third-order valence-corrected chi connectivity index (χ3v) is 4.21. The zero-order chi connectivity index (χ0) is 15.1. The van der Waals surface area contributed by atoms with Crippen LogP contribution >= 0.6 is 11.6 Å². The predicted octanol–water partition coefficient (Wildman–Crippen LogP) is 3.86. The molecule has 0 radical (unpaired) electrons. The molecule has 0 unspecified atom stereocenters. The van der Waals surface area contributed by atoms with Crippen molar-refractivity contribution in [2.75, 3.05) is 11.9 Å². The van der Waals surface area contributed by atoms with Gasteiger partial charge < -0.3 is 5.32 Å². The zero-order valence-corrected chi connectivity index (χ0v) is 12.9. The Morgan fingerprint density at radius 3 is 2.95 bits per heavy atom. The molecule has 0 aliphatic carbocycles. The van der Waals surface area contributed by atoms with Gasteiger partial charge in [0.2, 0.25) is 0 Å². The summed E-state index contributed by atoms with van der Waals surface area (Å²) in [6, 6.07) is 9.86. The van der Waals surface area contributed by atoms with Gasteiger partial charge in [0.25, 0.3) is 0 Å². The molecule has 0 fully saturated rings. The van der Waals surface area contributed by atoms with Crippen molar-refractivity contribution in [2.45, 2.75) is 13.3 Å². The number of nitrogens with one attached hydrogen (secondary N) is 1. The van der Waals surface area contributed by atoms with Crippen LogP contribution in [0.25, 0.3) is 16.9 Å². The van der Waals surface area contributed by atoms with E-state index in [0.717, 1.165) is 46.3 Å². The minimum absolute atomic E-state index is 0.741. The highest BCUT2D eigenvalue weighted by atomic mass is 35.5. The molecule has 3 aromatic rings. The Kier molecular flexibility index (Phi) is 3.12. The molecule has 2 aromatic heterocycles. The Morgan fingerprint density at radius 1 is 1.27 bits per heavy atom. The predicted molar refractivity (Wildman–Crippen MR) is 88.7 cm³/mol. The standard InChI is InChI=1S/C17H15ClN4/c1-11-9-13(18)4-5-15(11)22-17-14(6-8-20-17)16(21-22)12-3-2-7-19-10-12/h2-5,7,9-10,20H,6,8H2,1H3. The molecule has 1 aromatic carbocycles. The van der Waals surface area contributed by atoms with Crippen LogP contribution in [0.1, 0.15) is 11.1 Å². The molecule has 4 rings (SSSR count). The number of fused-ring (bicyclic) bond motifs is 1. The minimum Gasteiger partial charge on any atom is -0.369 e. The molecular weight excluding hydrogens is 296 g/mol. The maximum Gasteiger partial charge on any atom is 0.133 e. The van der Waals surface area contributed by atoms with E-state index in [1.807, 2.05) is 48.1 Å². The molecular formula is C17H15ClN4. The van der Waals surface area contributed by atoms with Gasteiger partial charge >= 0.3 is 0 Å². The van der Waals surface area contributed by atoms with E-state index in [-0.39, 0.29) is 0 Å². The minimum atomic E-state index is 0.741. The summed E-state index contributed by atoms with van der Waals surface area (Å²) in [5.74, 6) is 1.07. The second-order valence-corrected chi connectivity index (χ2v) is 5.87. The Balaban J connectivity index is 1.92. The number of halogens is 1. The van der Waals surface area contributed by atoms with Crippen LogP contribution in [0.3, 0.4) is 0 Å². The monoisotopic (exact) mass is 310 g/mol. The third kappa shape index (κ3) is 2.07. The molecule has 1 aliphatic rings. The first-order valence-electron chi connectivity index (χ1n) is 7.27. The smallest absolute Gasteiger partial charge is 0.133 e. The lowest BCUT2D eigenvalue weighted by molar-refractivity contribution is 0.875. The number of pyridine rings is 1. The average Bonchev–Trinajstić information content (AvgIpc) is 3.11. The van der Waals surface area contributed by atoms with Gasteiger partial charge in [0.15, 0.2) is 0 Å². The molecule has 0 amide bonds. The summed E-state index contributed by atoms with van der Waals surface area (Å²) in [6.45, 7) is 2.99. The number of rotatable bonds is 2. The highest BCUT2D eigenvalue weighted by molar-refractivity contribution is 6.30. The summed E-state index contributed by atoms with van der Waals surface area (Å²) in [7, 11) is 0. The number of aryl methyl sites for hydroxylation is 1. The molecule has 4 nitrogen and oxygen atoms in total. The molecule has 0 spiro atoms. The lowest BCUT2D eigenvalue weighted by atomic mass is 10.1. The molecule has 110 valence electrons. The SMILES string of the molecule is Cc1cc(Cl)ccc1-n1nc(-c2cccnc2)c2c1NCC2. The summed E-state index contributed by atoms with van der Waals surface area (Å²) in [5.41, 5.74) is 5.45. The molecule has 0 atom stereocenters. The lowest BCUT2D eigenvalue weighted by Crippen LogP contribution is -2.05. The Labute approximate surface area is 133 Å². The summed E-state index contributed by atoms with van der Waals surface area (Å²) < 4.78 is 1.98. The van der Waals surface area contributed by atoms with Crippen molar-refractivity contribution >= 4 is 17.4 Å². The molecule has 1 aliphatic heterocycles. The van der Waals surface area contributed by atoms with Gasteiger partial charge in [-0.25, -0.2) is 4.68 Å². The van der Waals surface area contributed by atoms with E-state index in [1.54, 1.807) is 6.20 Å². The van der Waals surface area contributed by atoms with E-state index in [4.69, 9.17) is 16.7 Å². The molecule has 0 bridgehead atoms. The fourth-order valence-corrected chi connectivity index (χ4v) is 3.17. The van der Waals surface area contributed by atoms with Crippen LogP contribution in [0.2, 0.25) is 5.02 Å². The number of benzene rings is 1. The first-order valence-corrected chi connectivity index (χ1v) is 7.64. The highest BCUT2D eigenvalue weighted by Crippen LogP contribution is 2.35. The van der Waals surface area contributed by atoms with Crippen molar-refractivity contribution in [3.63, 3.8) is 0 Å². The quantitative estimate of drug-likeness (QED) is 0.781. The maximum atomic E-state index is 6.07. The second kappa shape index (κ2) is 5.14. The molecule has 3 heterocycles. The van der Waals surface area contributed by atoms with Crippen LogP contribution in [-0.2, 0) is 6.42 Å². The van der Waals surface area contributed by atoms with Gasteiger partial charge in [-0.2, -0.15) is 5.10 Å². The Morgan fingerprint density at radius 2 is 2.18 bits per heavy atom. The number of anilines is 1. The first kappa shape index (κ1) is 13.3. The largest absolute Gasteiger partial charge is 0.369 e. The van der Waals surface area contributed by atoms with Gasteiger partial charge in [-0.05, 0) is 49.2 Å². The summed E-state index contributed by atoms with van der Waals surface area (Å²) in [4.78, 5) is 4.21. The van der Waals surface area contributed by atoms with E-state index in [2.05, 4.69) is 10.3 Å². The lowest BCUT2D eigenvalue weighted by Gasteiger charge is -2.09. The maximum absolute atomic E-state index is 6.07. The van der Waals surface area contributed by atoms with E-state index in [0.29, 0.717) is 0 Å². The van der Waals surface area contributed by atoms with Gasteiger partial charge in [0, 0.05) is 35.1 Å². The van der Waals surface area contributed by atoms with Gasteiger partial charge in [-0.1, -0.05) is 11.6 Å². The third-order valence-electron chi connectivity index (χ3n) is 3.97. The van der Waals surface area contributed by atoms with Crippen LogP contribution < -0.4 is 5.32 Å². The molecule has 22 heavy (non-hydrogen) atoms. The molecule has 0 saturated carbocycles. The van der Waals surface area contributed by atoms with Crippen molar-refractivity contribution in [3.05, 3.63) is 58.9 Å². The first-order chi connectivity index (χ1) is 10.7. The van der Waals surface area contributed by atoms with Crippen LogP contribution in [0.15, 0.2) is 42.7 Å². The van der Waals surface area contributed by atoms with E-state index in [9.17, 15) is 0 Å². The topological polar surface area (TPSA) is 42.7 Å². The zero-order valence-electron chi connectivity index (χ0n) is 12.2. The summed E-state index contributed by atoms with van der Waals surface area (Å²) in [6.07, 6.45) is 4.62. The number of hydrogen-bond donors (Lipinski definition) is 1. The van der Waals surface area contributed by atoms with E-state index >= 15 is 0 Å². The van der Waals surface area contributed by atoms with Gasteiger partial charge in [-0.15, -0.1) is 0 Å². The van der Waals surface area contributed by atoms with Crippen molar-refractivity contribution in [1.29, 1.82) is 0 Å². The van der Waals surface area contributed by atoms with Crippen LogP contribution in [-0.4, -0.2) is 21.3 Å². The summed E-state index contributed by atoms with van der Waals surface area (Å²) in [5, 5.41) is 9.02. The number of nitrogens with zero attached hydrogens (tertiary/aromatic N) is 3. The number of hydrogen-bond acceptors (Lipinski definition) is 3. The fourth-order valence-electron chi connectivity index (χ4n) is 2.94. The van der Waals surface area contributed by atoms with Crippen LogP contribution in [0.4, 0.5) is 5.82 Å². The van der Waals surface area contributed by atoms with Crippen molar-refractivity contribution in [1.82, 2.24) is 14.8 Å². The molecule has 1 N–H and O–H groups in total. The Hall–Kier alpha value is -2.33. The average molecular weight is 311 g/mol. The fraction of sp³-hybridized carbons (Fsp3) is 0.176. The van der Waals surface area contributed by atoms with Gasteiger partial charge in [-0.3, -0.25) is 4.98 Å². The highest BCUT2D eigenvalue weighted by Gasteiger charge is 2.24. The van der Waals surface area contributed by atoms with Gasteiger partial charge in [0.1, 0.15) is 5.82 Å². The van der Waals surface area contributed by atoms with E-state index < -0.39 is 0 Å². The van der Waals surface area contributed by atoms with Crippen molar-refractivity contribution in [2.24, 2.45) is 0 Å². The molecule has 0 saturated heterocycles. The van der Waals surface area contributed by atoms with Crippen LogP contribution in [0, 0.1) is 6.92 Å².